The van der Waals surface area contributed by atoms with Gasteiger partial charge in [-0.15, -0.1) is 0 Å². The Morgan fingerprint density at radius 2 is 2.05 bits per heavy atom. The van der Waals surface area contributed by atoms with Gasteiger partial charge in [0.2, 0.25) is 5.91 Å². The highest BCUT2D eigenvalue weighted by molar-refractivity contribution is 5.80. The molecule has 3 rings (SSSR count). The monoisotopic (exact) mass is 285 g/mol. The van der Waals surface area contributed by atoms with Crippen LogP contribution in [0.2, 0.25) is 0 Å². The summed E-state index contributed by atoms with van der Waals surface area (Å²) in [5.74, 6) is -0.0975. The van der Waals surface area contributed by atoms with Crippen LogP contribution in [0.4, 0.5) is 0 Å². The van der Waals surface area contributed by atoms with E-state index in [4.69, 9.17) is 0 Å². The van der Waals surface area contributed by atoms with Crippen LogP contribution >= 0.6 is 0 Å². The van der Waals surface area contributed by atoms with E-state index in [0.717, 1.165) is 18.4 Å². The molecule has 0 radical (unpaired) electrons. The van der Waals surface area contributed by atoms with Gasteiger partial charge in [0.1, 0.15) is 12.2 Å². The molecule has 1 saturated carbocycles. The van der Waals surface area contributed by atoms with E-state index in [2.05, 4.69) is 10.3 Å². The van der Waals surface area contributed by atoms with Gasteiger partial charge in [-0.2, -0.15) is 0 Å². The average molecular weight is 285 g/mol. The molecule has 1 aliphatic carbocycles. The zero-order chi connectivity index (χ0) is 14.8. The number of nitrogens with zero attached hydrogens (tertiary/aromatic N) is 2. The summed E-state index contributed by atoms with van der Waals surface area (Å²) in [6, 6.07) is 7.67. The van der Waals surface area contributed by atoms with Crippen molar-refractivity contribution in [3.8, 4) is 0 Å². The Balaban J connectivity index is 1.90. The minimum absolute atomic E-state index is 0.0548. The molecule has 1 N–H and O–H groups in total. The zero-order valence-corrected chi connectivity index (χ0v) is 12.1. The number of carbonyl (C=O) groups excluding carboxylic acids is 1. The molecular weight excluding hydrogens is 266 g/mol. The number of benzene rings is 1. The molecule has 21 heavy (non-hydrogen) atoms. The molecule has 1 amide bonds. The minimum atomic E-state index is -0.199. The third-order valence-corrected chi connectivity index (χ3v) is 4.04. The number of fused-ring (bicyclic) bond motifs is 1. The van der Waals surface area contributed by atoms with Crippen molar-refractivity contribution < 1.29 is 4.79 Å². The van der Waals surface area contributed by atoms with Gasteiger partial charge in [0.05, 0.1) is 11.0 Å². The quantitative estimate of drug-likeness (QED) is 0.934. The van der Waals surface area contributed by atoms with Crippen molar-refractivity contribution in [2.45, 2.75) is 45.2 Å². The third-order valence-electron chi connectivity index (χ3n) is 4.04. The van der Waals surface area contributed by atoms with Crippen LogP contribution in [0.15, 0.2) is 29.1 Å². The summed E-state index contributed by atoms with van der Waals surface area (Å²) >= 11 is 0. The van der Waals surface area contributed by atoms with Gasteiger partial charge in [0.15, 0.2) is 0 Å². The number of hydrogen-bond acceptors (Lipinski definition) is 3. The molecule has 0 atom stereocenters. The molecule has 0 unspecified atom stereocenters. The molecule has 110 valence electrons. The number of nitrogens with one attached hydrogen (secondary N) is 1. The average Bonchev–Trinajstić information content (AvgIpc) is 2.96. The van der Waals surface area contributed by atoms with Gasteiger partial charge in [-0.1, -0.05) is 25.0 Å². The summed E-state index contributed by atoms with van der Waals surface area (Å²) in [7, 11) is 0. The maximum Gasteiger partial charge on any atom is 0.272 e. The number of aromatic nitrogens is 2. The maximum absolute atomic E-state index is 12.3. The number of para-hydroxylation sites is 2. The van der Waals surface area contributed by atoms with Crippen molar-refractivity contribution in [3.63, 3.8) is 0 Å². The fourth-order valence-electron chi connectivity index (χ4n) is 2.96. The molecule has 0 saturated heterocycles. The second-order valence-corrected chi connectivity index (χ2v) is 5.63. The summed E-state index contributed by atoms with van der Waals surface area (Å²) < 4.78 is 1.52. The van der Waals surface area contributed by atoms with E-state index >= 15 is 0 Å². The molecule has 1 heterocycles. The summed E-state index contributed by atoms with van der Waals surface area (Å²) in [6.07, 6.45) is 4.41. The Bertz CT molecular complexity index is 730. The predicted molar refractivity (Wildman–Crippen MR) is 81.1 cm³/mol. The smallest absolute Gasteiger partial charge is 0.272 e. The molecule has 0 bridgehead atoms. The molecule has 1 aromatic carbocycles. The molecule has 1 aromatic heterocycles. The fraction of sp³-hybridized carbons (Fsp3) is 0.438. The molecule has 1 fully saturated rings. The van der Waals surface area contributed by atoms with Crippen LogP contribution in [0.25, 0.3) is 11.0 Å². The van der Waals surface area contributed by atoms with Crippen LogP contribution in [0.1, 0.15) is 31.4 Å². The highest BCUT2D eigenvalue weighted by Crippen LogP contribution is 2.17. The topological polar surface area (TPSA) is 64.0 Å². The van der Waals surface area contributed by atoms with E-state index in [-0.39, 0.29) is 24.1 Å². The van der Waals surface area contributed by atoms with Gasteiger partial charge in [-0.25, -0.2) is 4.98 Å². The van der Waals surface area contributed by atoms with Crippen molar-refractivity contribution in [2.75, 3.05) is 0 Å². The minimum Gasteiger partial charge on any atom is -0.352 e. The lowest BCUT2D eigenvalue weighted by Crippen LogP contribution is -2.38. The molecule has 1 aliphatic rings. The molecular formula is C16H19N3O2. The second-order valence-electron chi connectivity index (χ2n) is 5.63. The SMILES string of the molecule is Cc1nc2ccccc2n(CC(=O)NC2CCCC2)c1=O. The Hall–Kier alpha value is -2.17. The van der Waals surface area contributed by atoms with E-state index < -0.39 is 0 Å². The normalized spacial score (nSPS) is 15.5. The summed E-state index contributed by atoms with van der Waals surface area (Å²) in [6.45, 7) is 1.74. The van der Waals surface area contributed by atoms with E-state index in [1.807, 2.05) is 24.3 Å². The third kappa shape index (κ3) is 2.82. The highest BCUT2D eigenvalue weighted by atomic mass is 16.2. The highest BCUT2D eigenvalue weighted by Gasteiger charge is 2.18. The number of amides is 1. The maximum atomic E-state index is 12.3. The Labute approximate surface area is 123 Å². The van der Waals surface area contributed by atoms with E-state index in [1.54, 1.807) is 6.92 Å². The van der Waals surface area contributed by atoms with Crippen molar-refractivity contribution in [1.29, 1.82) is 0 Å². The lowest BCUT2D eigenvalue weighted by Gasteiger charge is -2.14. The zero-order valence-electron chi connectivity index (χ0n) is 12.1. The van der Waals surface area contributed by atoms with Crippen LogP contribution in [0, 0.1) is 6.92 Å². The Morgan fingerprint density at radius 1 is 1.33 bits per heavy atom. The van der Waals surface area contributed by atoms with Crippen LogP contribution in [-0.2, 0) is 11.3 Å². The first kappa shape index (κ1) is 13.8. The predicted octanol–water partition coefficient (Wildman–Crippen LogP) is 1.76. The fourth-order valence-corrected chi connectivity index (χ4v) is 2.96. The van der Waals surface area contributed by atoms with Gasteiger partial charge in [0.25, 0.3) is 5.56 Å². The standard InChI is InChI=1S/C16H19N3O2/c1-11-16(21)19(14-9-5-4-8-13(14)17-11)10-15(20)18-12-6-2-3-7-12/h4-5,8-9,12H,2-3,6-7,10H2,1H3,(H,18,20). The lowest BCUT2D eigenvalue weighted by atomic mass is 10.2. The molecule has 5 heteroatoms. The van der Waals surface area contributed by atoms with Crippen molar-refractivity contribution in [2.24, 2.45) is 0 Å². The Kier molecular flexibility index (Phi) is 3.73. The first-order valence-electron chi connectivity index (χ1n) is 7.40. The van der Waals surface area contributed by atoms with Gasteiger partial charge in [0, 0.05) is 6.04 Å². The van der Waals surface area contributed by atoms with E-state index in [0.29, 0.717) is 11.2 Å². The summed E-state index contributed by atoms with van der Waals surface area (Å²) in [4.78, 5) is 28.7. The Morgan fingerprint density at radius 3 is 2.81 bits per heavy atom. The van der Waals surface area contributed by atoms with Gasteiger partial charge >= 0.3 is 0 Å². The number of hydrogen-bond donors (Lipinski definition) is 1. The van der Waals surface area contributed by atoms with Crippen molar-refractivity contribution in [3.05, 3.63) is 40.3 Å². The van der Waals surface area contributed by atoms with Crippen LogP contribution in [0.3, 0.4) is 0 Å². The molecule has 0 spiro atoms. The van der Waals surface area contributed by atoms with Crippen molar-refractivity contribution in [1.82, 2.24) is 14.9 Å². The van der Waals surface area contributed by atoms with Crippen LogP contribution < -0.4 is 10.9 Å². The molecule has 0 aliphatic heterocycles. The lowest BCUT2D eigenvalue weighted by molar-refractivity contribution is -0.122. The van der Waals surface area contributed by atoms with Gasteiger partial charge < -0.3 is 5.32 Å². The summed E-state index contributed by atoms with van der Waals surface area (Å²) in [5.41, 5.74) is 1.66. The molecule has 5 nitrogen and oxygen atoms in total. The second kappa shape index (κ2) is 5.68. The van der Waals surface area contributed by atoms with Gasteiger partial charge in [-0.05, 0) is 31.9 Å². The van der Waals surface area contributed by atoms with E-state index in [9.17, 15) is 9.59 Å². The van der Waals surface area contributed by atoms with E-state index in [1.165, 1.54) is 17.4 Å². The van der Waals surface area contributed by atoms with Gasteiger partial charge in [-0.3, -0.25) is 14.2 Å². The molecule has 2 aromatic rings. The number of carbonyl (C=O) groups is 1. The largest absolute Gasteiger partial charge is 0.352 e. The van der Waals surface area contributed by atoms with Crippen LogP contribution in [0.5, 0.6) is 0 Å². The van der Waals surface area contributed by atoms with Crippen molar-refractivity contribution >= 4 is 16.9 Å². The number of rotatable bonds is 3. The first-order chi connectivity index (χ1) is 10.1. The number of aryl methyl sites for hydroxylation is 1. The first-order valence-corrected chi connectivity index (χ1v) is 7.40. The van der Waals surface area contributed by atoms with Crippen LogP contribution in [-0.4, -0.2) is 21.5 Å². The summed E-state index contributed by atoms with van der Waals surface area (Å²) in [5, 5.41) is 3.02.